The van der Waals surface area contributed by atoms with Gasteiger partial charge in [-0.2, -0.15) is 5.10 Å². The average molecular weight is 413 g/mol. The monoisotopic (exact) mass is 412 g/mol. The van der Waals surface area contributed by atoms with Gasteiger partial charge in [-0.3, -0.25) is 14.4 Å². The lowest BCUT2D eigenvalue weighted by molar-refractivity contribution is -0.137. The number of nitrogens with zero attached hydrogens (tertiary/aromatic N) is 4. The van der Waals surface area contributed by atoms with Gasteiger partial charge in [0.25, 0.3) is 0 Å². The Labute approximate surface area is 180 Å². The summed E-state index contributed by atoms with van der Waals surface area (Å²) in [4.78, 5) is 16.8. The Bertz CT molecular complexity index is 790. The topological polar surface area (TPSA) is 50.6 Å². The van der Waals surface area contributed by atoms with E-state index in [0.717, 1.165) is 57.6 Å². The number of amides is 1. The molecule has 2 aromatic rings. The number of ether oxygens (including phenoxy) is 1. The minimum Gasteiger partial charge on any atom is -0.490 e. The van der Waals surface area contributed by atoms with E-state index < -0.39 is 0 Å². The van der Waals surface area contributed by atoms with Gasteiger partial charge in [0.05, 0.1) is 6.20 Å². The molecule has 2 heterocycles. The number of aryl methyl sites for hydroxylation is 1. The number of carbonyl (C=O) groups excluding carboxylic acids is 1. The molecule has 1 amide bonds. The Hall–Kier alpha value is -2.34. The van der Waals surface area contributed by atoms with E-state index in [1.54, 1.807) is 0 Å². The summed E-state index contributed by atoms with van der Waals surface area (Å²) in [5, 5.41) is 4.23. The summed E-state index contributed by atoms with van der Waals surface area (Å²) in [7, 11) is 4.06. The van der Waals surface area contributed by atoms with Crippen LogP contribution in [-0.2, 0) is 24.9 Å². The van der Waals surface area contributed by atoms with Gasteiger partial charge in [0, 0.05) is 63.7 Å². The maximum Gasteiger partial charge on any atom is 0.225 e. The molecular formula is C24H36N4O2. The predicted molar refractivity (Wildman–Crippen MR) is 119 cm³/mol. The number of likely N-dealkylation sites (tertiary alicyclic amines) is 1. The first-order valence-electron chi connectivity index (χ1n) is 11.2. The van der Waals surface area contributed by atoms with Crippen LogP contribution >= 0.6 is 0 Å². The maximum atomic E-state index is 12.5. The molecule has 0 aliphatic carbocycles. The van der Waals surface area contributed by atoms with E-state index in [-0.39, 0.29) is 12.0 Å². The zero-order chi connectivity index (χ0) is 21.5. The van der Waals surface area contributed by atoms with Crippen LogP contribution in [0.1, 0.15) is 50.7 Å². The van der Waals surface area contributed by atoms with Gasteiger partial charge in [-0.1, -0.05) is 26.0 Å². The number of hydrogen-bond acceptors (Lipinski definition) is 4. The van der Waals surface area contributed by atoms with Crippen molar-refractivity contribution < 1.29 is 9.53 Å². The van der Waals surface area contributed by atoms with E-state index in [4.69, 9.17) is 4.74 Å². The van der Waals surface area contributed by atoms with Gasteiger partial charge >= 0.3 is 0 Å². The number of carbonyl (C=O) groups is 1. The normalized spacial score (nSPS) is 15.2. The molecule has 0 radical (unpaired) electrons. The number of piperidine rings is 1. The quantitative estimate of drug-likeness (QED) is 0.628. The Balaban J connectivity index is 1.44. The highest BCUT2D eigenvalue weighted by atomic mass is 16.5. The van der Waals surface area contributed by atoms with Crippen molar-refractivity contribution in [1.29, 1.82) is 0 Å². The van der Waals surface area contributed by atoms with Crippen LogP contribution in [0.5, 0.6) is 5.75 Å². The zero-order valence-corrected chi connectivity index (χ0v) is 18.9. The molecule has 1 aromatic carbocycles. The SMILES string of the molecule is CCC(CC)C(=O)N1CCC(Oc2ccc(CN(C)Cc3cnn(C)c3)cc2)CC1. The van der Waals surface area contributed by atoms with Crippen LogP contribution in [0.15, 0.2) is 36.7 Å². The minimum absolute atomic E-state index is 0.172. The third-order valence-electron chi connectivity index (χ3n) is 5.98. The van der Waals surface area contributed by atoms with Crippen LogP contribution < -0.4 is 4.74 Å². The van der Waals surface area contributed by atoms with E-state index in [1.165, 1.54) is 11.1 Å². The molecule has 0 unspecified atom stereocenters. The van der Waals surface area contributed by atoms with Crippen molar-refractivity contribution in [3.05, 3.63) is 47.8 Å². The van der Waals surface area contributed by atoms with Crippen LogP contribution in [-0.4, -0.2) is 51.7 Å². The lowest BCUT2D eigenvalue weighted by Crippen LogP contribution is -2.44. The molecule has 3 rings (SSSR count). The third-order valence-corrected chi connectivity index (χ3v) is 5.98. The fourth-order valence-corrected chi connectivity index (χ4v) is 4.19. The third kappa shape index (κ3) is 6.08. The molecule has 6 nitrogen and oxygen atoms in total. The second-order valence-corrected chi connectivity index (χ2v) is 8.49. The molecule has 1 fully saturated rings. The van der Waals surface area contributed by atoms with E-state index in [2.05, 4.69) is 61.4 Å². The molecule has 0 spiro atoms. The lowest BCUT2D eigenvalue weighted by atomic mass is 9.99. The smallest absolute Gasteiger partial charge is 0.225 e. The number of rotatable bonds is 9. The van der Waals surface area contributed by atoms with E-state index in [9.17, 15) is 4.79 Å². The second kappa shape index (κ2) is 10.6. The first-order chi connectivity index (χ1) is 14.5. The van der Waals surface area contributed by atoms with Crippen molar-refractivity contribution in [2.24, 2.45) is 13.0 Å². The molecule has 1 aliphatic heterocycles. The molecule has 164 valence electrons. The van der Waals surface area contributed by atoms with Crippen LogP contribution in [0.25, 0.3) is 0 Å². The predicted octanol–water partition coefficient (Wildman–Crippen LogP) is 3.86. The number of hydrogen-bond donors (Lipinski definition) is 0. The van der Waals surface area contributed by atoms with Gasteiger partial charge in [-0.15, -0.1) is 0 Å². The summed E-state index contributed by atoms with van der Waals surface area (Å²) in [5.74, 6) is 1.41. The average Bonchev–Trinajstić information content (AvgIpc) is 3.15. The summed E-state index contributed by atoms with van der Waals surface area (Å²) >= 11 is 0. The number of aromatic nitrogens is 2. The van der Waals surface area contributed by atoms with Crippen molar-refractivity contribution in [3.63, 3.8) is 0 Å². The van der Waals surface area contributed by atoms with Gasteiger partial charge in [0.2, 0.25) is 5.91 Å². The zero-order valence-electron chi connectivity index (χ0n) is 18.9. The second-order valence-electron chi connectivity index (χ2n) is 8.49. The molecule has 1 saturated heterocycles. The van der Waals surface area contributed by atoms with Crippen LogP contribution in [0, 0.1) is 5.92 Å². The van der Waals surface area contributed by atoms with Gasteiger partial charge in [-0.25, -0.2) is 0 Å². The van der Waals surface area contributed by atoms with Gasteiger partial charge < -0.3 is 9.64 Å². The fourth-order valence-electron chi connectivity index (χ4n) is 4.19. The van der Waals surface area contributed by atoms with Gasteiger partial charge in [-0.05, 0) is 37.6 Å². The highest BCUT2D eigenvalue weighted by Gasteiger charge is 2.27. The lowest BCUT2D eigenvalue weighted by Gasteiger charge is -2.34. The number of benzene rings is 1. The van der Waals surface area contributed by atoms with Crippen LogP contribution in [0.2, 0.25) is 0 Å². The summed E-state index contributed by atoms with van der Waals surface area (Å²) in [5.41, 5.74) is 2.48. The highest BCUT2D eigenvalue weighted by molar-refractivity contribution is 5.78. The Morgan fingerprint density at radius 3 is 2.33 bits per heavy atom. The van der Waals surface area contributed by atoms with E-state index in [0.29, 0.717) is 5.91 Å². The van der Waals surface area contributed by atoms with Crippen LogP contribution in [0.3, 0.4) is 0 Å². The molecular weight excluding hydrogens is 376 g/mol. The molecule has 0 bridgehead atoms. The fraction of sp³-hybridized carbons (Fsp3) is 0.583. The highest BCUT2D eigenvalue weighted by Crippen LogP contribution is 2.22. The molecule has 0 N–H and O–H groups in total. The first kappa shape index (κ1) is 22.3. The maximum absolute atomic E-state index is 12.5. The van der Waals surface area contributed by atoms with E-state index in [1.807, 2.05) is 22.8 Å². The first-order valence-corrected chi connectivity index (χ1v) is 11.2. The van der Waals surface area contributed by atoms with Crippen molar-refractivity contribution >= 4 is 5.91 Å². The molecule has 0 saturated carbocycles. The van der Waals surface area contributed by atoms with Gasteiger partial charge in [0.1, 0.15) is 11.9 Å². The van der Waals surface area contributed by atoms with Crippen LogP contribution in [0.4, 0.5) is 0 Å². The summed E-state index contributed by atoms with van der Waals surface area (Å²) in [6.07, 6.45) is 7.82. The van der Waals surface area contributed by atoms with Crippen molar-refractivity contribution in [3.8, 4) is 5.75 Å². The standard InChI is InChI=1S/C24H36N4O2/c1-5-21(6-2)24(29)28-13-11-23(12-14-28)30-22-9-7-19(8-10-22)16-26(3)17-20-15-25-27(4)18-20/h7-10,15,18,21,23H,5-6,11-14,16-17H2,1-4H3. The molecule has 0 atom stereocenters. The summed E-state index contributed by atoms with van der Waals surface area (Å²) in [6.45, 7) is 7.56. The Morgan fingerprint density at radius 2 is 1.77 bits per heavy atom. The minimum atomic E-state index is 0.172. The van der Waals surface area contributed by atoms with E-state index >= 15 is 0 Å². The Morgan fingerprint density at radius 1 is 1.13 bits per heavy atom. The van der Waals surface area contributed by atoms with Crippen molar-refractivity contribution in [2.75, 3.05) is 20.1 Å². The van der Waals surface area contributed by atoms with Crippen molar-refractivity contribution in [1.82, 2.24) is 19.6 Å². The molecule has 1 aromatic heterocycles. The molecule has 1 aliphatic rings. The summed E-state index contributed by atoms with van der Waals surface area (Å²) in [6, 6.07) is 8.41. The largest absolute Gasteiger partial charge is 0.490 e. The van der Waals surface area contributed by atoms with Gasteiger partial charge in [0.15, 0.2) is 0 Å². The summed E-state index contributed by atoms with van der Waals surface area (Å²) < 4.78 is 8.03. The molecule has 6 heteroatoms. The van der Waals surface area contributed by atoms with Crippen molar-refractivity contribution in [2.45, 2.75) is 58.7 Å². The molecule has 30 heavy (non-hydrogen) atoms. The Kier molecular flexibility index (Phi) is 7.91.